The molecule has 1 unspecified atom stereocenters. The van der Waals surface area contributed by atoms with Crippen molar-refractivity contribution in [2.45, 2.75) is 17.9 Å². The summed E-state index contributed by atoms with van der Waals surface area (Å²) < 4.78 is 23.8. The standard InChI is InChI=1S/C15H14BrClN2O3S/c1-9(11-4-2-3-5-12(11)16)19-15(20)10-6-7-13(17)14(8-10)23(18,21)22/h2-9H,1H3,(H,19,20)(H2,18,21,22). The minimum absolute atomic E-state index is 0.0251. The average Bonchev–Trinajstić information content (AvgIpc) is 2.46. The number of amides is 1. The molecule has 0 saturated carbocycles. The van der Waals surface area contributed by atoms with E-state index in [0.717, 1.165) is 10.0 Å². The van der Waals surface area contributed by atoms with Crippen LogP contribution >= 0.6 is 27.5 Å². The van der Waals surface area contributed by atoms with Crippen molar-refractivity contribution in [1.82, 2.24) is 5.32 Å². The van der Waals surface area contributed by atoms with Crippen LogP contribution in [0.2, 0.25) is 5.02 Å². The zero-order chi connectivity index (χ0) is 17.2. The lowest BCUT2D eigenvalue weighted by Crippen LogP contribution is -2.27. The van der Waals surface area contributed by atoms with Gasteiger partial charge in [-0.05, 0) is 36.8 Å². The maximum absolute atomic E-state index is 12.3. The zero-order valence-electron chi connectivity index (χ0n) is 12.1. The molecule has 5 nitrogen and oxygen atoms in total. The number of carbonyl (C=O) groups excluding carboxylic acids is 1. The number of rotatable bonds is 4. The fourth-order valence-electron chi connectivity index (χ4n) is 2.05. The maximum Gasteiger partial charge on any atom is 0.251 e. The van der Waals surface area contributed by atoms with E-state index in [1.807, 2.05) is 31.2 Å². The molecule has 0 aliphatic carbocycles. The first-order valence-electron chi connectivity index (χ1n) is 6.58. The van der Waals surface area contributed by atoms with Gasteiger partial charge in [-0.2, -0.15) is 0 Å². The van der Waals surface area contributed by atoms with Crippen molar-refractivity contribution in [3.05, 3.63) is 63.1 Å². The number of benzene rings is 2. The van der Waals surface area contributed by atoms with Gasteiger partial charge in [-0.3, -0.25) is 4.79 Å². The second-order valence-corrected chi connectivity index (χ2v) is 7.70. The number of nitrogens with two attached hydrogens (primary N) is 1. The van der Waals surface area contributed by atoms with E-state index >= 15 is 0 Å². The number of carbonyl (C=O) groups is 1. The molecule has 2 rings (SSSR count). The fraction of sp³-hybridized carbons (Fsp3) is 0.133. The first-order valence-corrected chi connectivity index (χ1v) is 9.29. The topological polar surface area (TPSA) is 89.3 Å². The first kappa shape index (κ1) is 17.9. The van der Waals surface area contributed by atoms with Crippen LogP contribution in [0.4, 0.5) is 0 Å². The molecule has 23 heavy (non-hydrogen) atoms. The van der Waals surface area contributed by atoms with Crippen molar-refractivity contribution in [1.29, 1.82) is 0 Å². The first-order chi connectivity index (χ1) is 10.7. The number of halogens is 2. The molecule has 0 bridgehead atoms. The molecule has 0 aromatic heterocycles. The summed E-state index contributed by atoms with van der Waals surface area (Å²) in [5.74, 6) is -0.421. The molecule has 8 heteroatoms. The summed E-state index contributed by atoms with van der Waals surface area (Å²) in [7, 11) is -4.00. The van der Waals surface area contributed by atoms with E-state index in [4.69, 9.17) is 16.7 Å². The molecule has 0 radical (unpaired) electrons. The van der Waals surface area contributed by atoms with E-state index in [2.05, 4.69) is 21.2 Å². The molecule has 0 heterocycles. The van der Waals surface area contributed by atoms with Gasteiger partial charge in [0.05, 0.1) is 11.1 Å². The Balaban J connectivity index is 2.27. The highest BCUT2D eigenvalue weighted by atomic mass is 79.9. The van der Waals surface area contributed by atoms with Crippen LogP contribution in [0.15, 0.2) is 51.8 Å². The number of hydrogen-bond acceptors (Lipinski definition) is 3. The van der Waals surface area contributed by atoms with Gasteiger partial charge < -0.3 is 5.32 Å². The Morgan fingerprint density at radius 2 is 1.91 bits per heavy atom. The van der Waals surface area contributed by atoms with Crippen LogP contribution in [0, 0.1) is 0 Å². The lowest BCUT2D eigenvalue weighted by Gasteiger charge is -2.16. The Hall–Kier alpha value is -1.41. The molecule has 1 atom stereocenters. The molecule has 1 amide bonds. The Bertz CT molecular complexity index is 856. The minimum atomic E-state index is -4.00. The predicted octanol–water partition coefficient (Wildman–Crippen LogP) is 3.24. The van der Waals surface area contributed by atoms with Crippen molar-refractivity contribution in [2.75, 3.05) is 0 Å². The second-order valence-electron chi connectivity index (χ2n) is 4.91. The van der Waals surface area contributed by atoms with Crippen LogP contribution in [0.1, 0.15) is 28.9 Å². The summed E-state index contributed by atoms with van der Waals surface area (Å²) in [6, 6.07) is 11.2. The summed E-state index contributed by atoms with van der Waals surface area (Å²) in [5.41, 5.74) is 1.07. The van der Waals surface area contributed by atoms with Crippen LogP contribution in [0.3, 0.4) is 0 Å². The molecule has 122 valence electrons. The Morgan fingerprint density at radius 1 is 1.26 bits per heavy atom. The van der Waals surface area contributed by atoms with Crippen LogP contribution < -0.4 is 10.5 Å². The van der Waals surface area contributed by atoms with Gasteiger partial charge in [0.25, 0.3) is 5.91 Å². The molecule has 0 fully saturated rings. The van der Waals surface area contributed by atoms with Gasteiger partial charge in [0, 0.05) is 10.0 Å². The Labute approximate surface area is 148 Å². The number of sulfonamides is 1. The smallest absolute Gasteiger partial charge is 0.251 e. The van der Waals surface area contributed by atoms with E-state index in [1.54, 1.807) is 0 Å². The largest absolute Gasteiger partial charge is 0.345 e. The second kappa shape index (κ2) is 7.00. The van der Waals surface area contributed by atoms with Gasteiger partial charge in [-0.15, -0.1) is 0 Å². The maximum atomic E-state index is 12.3. The van der Waals surface area contributed by atoms with Crippen LogP contribution in [0.5, 0.6) is 0 Å². The van der Waals surface area contributed by atoms with Crippen LogP contribution in [-0.4, -0.2) is 14.3 Å². The molecule has 0 aliphatic rings. The molecular formula is C15H14BrClN2O3S. The summed E-state index contributed by atoms with van der Waals surface area (Å²) in [6.45, 7) is 1.83. The zero-order valence-corrected chi connectivity index (χ0v) is 15.2. The number of hydrogen-bond donors (Lipinski definition) is 2. The van der Waals surface area contributed by atoms with Gasteiger partial charge in [-0.25, -0.2) is 13.6 Å². The summed E-state index contributed by atoms with van der Waals surface area (Å²) >= 11 is 9.24. The lowest BCUT2D eigenvalue weighted by molar-refractivity contribution is 0.0939. The third kappa shape index (κ3) is 4.32. The minimum Gasteiger partial charge on any atom is -0.345 e. The van der Waals surface area contributed by atoms with Crippen molar-refractivity contribution in [2.24, 2.45) is 5.14 Å². The van der Waals surface area contributed by atoms with Gasteiger partial charge in [0.2, 0.25) is 10.0 Å². The third-order valence-electron chi connectivity index (χ3n) is 3.22. The molecule has 3 N–H and O–H groups in total. The summed E-state index contributed by atoms with van der Waals surface area (Å²) in [6.07, 6.45) is 0. The van der Waals surface area contributed by atoms with Crippen molar-refractivity contribution >= 4 is 43.5 Å². The van der Waals surface area contributed by atoms with Crippen LogP contribution in [-0.2, 0) is 10.0 Å². The van der Waals surface area contributed by atoms with E-state index < -0.39 is 15.9 Å². The van der Waals surface area contributed by atoms with Crippen LogP contribution in [0.25, 0.3) is 0 Å². The van der Waals surface area contributed by atoms with Crippen molar-refractivity contribution < 1.29 is 13.2 Å². The third-order valence-corrected chi connectivity index (χ3v) is 5.33. The highest BCUT2D eigenvalue weighted by Crippen LogP contribution is 2.24. The van der Waals surface area contributed by atoms with Gasteiger partial charge in [-0.1, -0.05) is 45.7 Å². The average molecular weight is 418 g/mol. The quantitative estimate of drug-likeness (QED) is 0.800. The SMILES string of the molecule is CC(NC(=O)c1ccc(Cl)c(S(N)(=O)=O)c1)c1ccccc1Br. The van der Waals surface area contributed by atoms with E-state index in [0.29, 0.717) is 0 Å². The number of primary sulfonamides is 1. The molecular weight excluding hydrogens is 404 g/mol. The monoisotopic (exact) mass is 416 g/mol. The van der Waals surface area contributed by atoms with Gasteiger partial charge >= 0.3 is 0 Å². The summed E-state index contributed by atoms with van der Waals surface area (Å²) in [4.78, 5) is 12.0. The molecule has 0 spiro atoms. The molecule has 2 aromatic rings. The van der Waals surface area contributed by atoms with Crippen molar-refractivity contribution in [3.63, 3.8) is 0 Å². The van der Waals surface area contributed by atoms with E-state index in [-0.39, 0.29) is 21.5 Å². The van der Waals surface area contributed by atoms with E-state index in [1.165, 1.54) is 18.2 Å². The molecule has 0 saturated heterocycles. The lowest BCUT2D eigenvalue weighted by atomic mass is 10.1. The van der Waals surface area contributed by atoms with E-state index in [9.17, 15) is 13.2 Å². The van der Waals surface area contributed by atoms with Crippen molar-refractivity contribution in [3.8, 4) is 0 Å². The van der Waals surface area contributed by atoms with Gasteiger partial charge in [0.15, 0.2) is 0 Å². The normalized spacial score (nSPS) is 12.7. The molecule has 0 aliphatic heterocycles. The highest BCUT2D eigenvalue weighted by molar-refractivity contribution is 9.10. The van der Waals surface area contributed by atoms with Gasteiger partial charge in [0.1, 0.15) is 4.90 Å². The Morgan fingerprint density at radius 3 is 2.52 bits per heavy atom. The predicted molar refractivity (Wildman–Crippen MR) is 92.8 cm³/mol. The Kier molecular flexibility index (Phi) is 5.46. The number of nitrogens with one attached hydrogen (secondary N) is 1. The summed E-state index contributed by atoms with van der Waals surface area (Å²) in [5, 5.41) is 7.87. The molecule has 2 aromatic carbocycles. The fourth-order valence-corrected chi connectivity index (χ4v) is 3.75. The highest BCUT2D eigenvalue weighted by Gasteiger charge is 2.18.